The molecule has 4 nitrogen and oxygen atoms in total. The van der Waals surface area contributed by atoms with Gasteiger partial charge in [-0.1, -0.05) is 24.3 Å². The van der Waals surface area contributed by atoms with Gasteiger partial charge in [0.1, 0.15) is 0 Å². The molecule has 1 aliphatic rings. The zero-order chi connectivity index (χ0) is 19.1. The van der Waals surface area contributed by atoms with Crippen molar-refractivity contribution in [2.75, 3.05) is 6.54 Å². The molecule has 28 heavy (non-hydrogen) atoms. The van der Waals surface area contributed by atoms with Crippen molar-refractivity contribution in [2.24, 2.45) is 7.05 Å². The molecule has 0 bridgehead atoms. The first-order valence-electron chi connectivity index (χ1n) is 9.85. The van der Waals surface area contributed by atoms with Gasteiger partial charge < -0.3 is 0 Å². The predicted molar refractivity (Wildman–Crippen MR) is 115 cm³/mol. The number of benzene rings is 2. The molecule has 1 aliphatic heterocycles. The summed E-state index contributed by atoms with van der Waals surface area (Å²) in [5.74, 6) is 0. The van der Waals surface area contributed by atoms with Crippen molar-refractivity contribution < 1.29 is 0 Å². The fourth-order valence-electron chi connectivity index (χ4n) is 4.21. The van der Waals surface area contributed by atoms with Crippen LogP contribution in [0.25, 0.3) is 21.3 Å². The molecule has 142 valence electrons. The molecular weight excluding hydrogens is 364 g/mol. The maximum atomic E-state index is 4.49. The Labute approximate surface area is 169 Å². The normalized spacial score (nSPS) is 16.1. The van der Waals surface area contributed by atoms with Gasteiger partial charge in [0.2, 0.25) is 0 Å². The Morgan fingerprint density at radius 3 is 2.86 bits per heavy atom. The molecule has 2 aromatic heterocycles. The van der Waals surface area contributed by atoms with Crippen LogP contribution in [0.15, 0.2) is 54.3 Å². The third kappa shape index (κ3) is 3.25. The Morgan fingerprint density at radius 1 is 1.07 bits per heavy atom. The topological polar surface area (TPSA) is 34.0 Å². The van der Waals surface area contributed by atoms with Crippen molar-refractivity contribution >= 4 is 21.6 Å². The minimum Gasteiger partial charge on any atom is -0.292 e. The number of aromatic nitrogens is 3. The quantitative estimate of drug-likeness (QED) is 0.483. The molecule has 0 N–H and O–H groups in total. The van der Waals surface area contributed by atoms with Gasteiger partial charge in [0.05, 0.1) is 21.9 Å². The van der Waals surface area contributed by atoms with E-state index in [1.807, 2.05) is 23.4 Å². The van der Waals surface area contributed by atoms with Gasteiger partial charge in [-0.05, 0) is 60.7 Å². The molecule has 1 atom stereocenters. The number of thiazole rings is 1. The summed E-state index contributed by atoms with van der Waals surface area (Å²) in [6, 6.07) is 14.0. The SMILES string of the molecule is C[C@@H](c1ccc2scnc2c1)N1CCCc2cc(-c3cnn(C)c3)ccc2C1. The van der Waals surface area contributed by atoms with E-state index in [1.165, 1.54) is 38.9 Å². The number of fused-ring (bicyclic) bond motifs is 2. The molecule has 2 aromatic carbocycles. The highest BCUT2D eigenvalue weighted by atomic mass is 32.1. The molecule has 4 aromatic rings. The van der Waals surface area contributed by atoms with E-state index < -0.39 is 0 Å². The molecule has 0 saturated heterocycles. The van der Waals surface area contributed by atoms with Crippen LogP contribution in [0.1, 0.15) is 36.1 Å². The largest absolute Gasteiger partial charge is 0.292 e. The lowest BCUT2D eigenvalue weighted by Crippen LogP contribution is -2.26. The molecule has 0 radical (unpaired) electrons. The molecule has 5 heteroatoms. The first kappa shape index (κ1) is 17.6. The smallest absolute Gasteiger partial charge is 0.0815 e. The Balaban J connectivity index is 1.41. The van der Waals surface area contributed by atoms with E-state index in [4.69, 9.17) is 0 Å². The van der Waals surface area contributed by atoms with Gasteiger partial charge in [-0.25, -0.2) is 4.98 Å². The number of hydrogen-bond donors (Lipinski definition) is 0. The Hall–Kier alpha value is -2.50. The Bertz CT molecular complexity index is 1130. The molecule has 0 aliphatic carbocycles. The third-order valence-electron chi connectivity index (χ3n) is 5.89. The van der Waals surface area contributed by atoms with E-state index in [1.54, 1.807) is 11.3 Å². The summed E-state index contributed by atoms with van der Waals surface area (Å²) in [6.45, 7) is 4.44. The summed E-state index contributed by atoms with van der Waals surface area (Å²) in [5.41, 5.74) is 9.79. The third-order valence-corrected chi connectivity index (χ3v) is 6.70. The van der Waals surface area contributed by atoms with Crippen LogP contribution in [0, 0.1) is 0 Å². The van der Waals surface area contributed by atoms with Crippen LogP contribution in [-0.2, 0) is 20.0 Å². The van der Waals surface area contributed by atoms with Crippen LogP contribution in [-0.4, -0.2) is 26.2 Å². The number of nitrogens with zero attached hydrogens (tertiary/aromatic N) is 4. The number of hydrogen-bond acceptors (Lipinski definition) is 4. The van der Waals surface area contributed by atoms with Crippen LogP contribution >= 0.6 is 11.3 Å². The molecule has 3 heterocycles. The zero-order valence-corrected chi connectivity index (χ0v) is 17.1. The maximum absolute atomic E-state index is 4.49. The average molecular weight is 389 g/mol. The van der Waals surface area contributed by atoms with Gasteiger partial charge in [-0.2, -0.15) is 5.10 Å². The molecule has 0 spiro atoms. The van der Waals surface area contributed by atoms with E-state index in [-0.39, 0.29) is 0 Å². The summed E-state index contributed by atoms with van der Waals surface area (Å²) in [7, 11) is 1.97. The minimum absolute atomic E-state index is 0.384. The molecule has 0 fully saturated rings. The first-order chi connectivity index (χ1) is 13.7. The van der Waals surface area contributed by atoms with Crippen molar-refractivity contribution in [3.8, 4) is 11.1 Å². The van der Waals surface area contributed by atoms with Gasteiger partial charge in [0, 0.05) is 31.4 Å². The van der Waals surface area contributed by atoms with Crippen LogP contribution in [0.3, 0.4) is 0 Å². The molecular formula is C23H24N4S. The van der Waals surface area contributed by atoms with Crippen molar-refractivity contribution in [3.63, 3.8) is 0 Å². The fourth-order valence-corrected chi connectivity index (χ4v) is 4.87. The monoisotopic (exact) mass is 388 g/mol. The van der Waals surface area contributed by atoms with Crippen molar-refractivity contribution in [3.05, 3.63) is 71.0 Å². The van der Waals surface area contributed by atoms with Crippen molar-refractivity contribution in [1.82, 2.24) is 19.7 Å². The minimum atomic E-state index is 0.384. The summed E-state index contributed by atoms with van der Waals surface area (Å²) in [4.78, 5) is 7.10. The number of rotatable bonds is 3. The summed E-state index contributed by atoms with van der Waals surface area (Å²) < 4.78 is 3.13. The lowest BCUT2D eigenvalue weighted by molar-refractivity contribution is 0.205. The van der Waals surface area contributed by atoms with Crippen LogP contribution in [0.4, 0.5) is 0 Å². The molecule has 0 unspecified atom stereocenters. The number of aryl methyl sites for hydroxylation is 2. The van der Waals surface area contributed by atoms with E-state index in [2.05, 4.69) is 64.5 Å². The zero-order valence-electron chi connectivity index (χ0n) is 16.3. The summed E-state index contributed by atoms with van der Waals surface area (Å²) in [6.07, 6.45) is 6.35. The fraction of sp³-hybridized carbons (Fsp3) is 0.304. The van der Waals surface area contributed by atoms with Gasteiger partial charge in [0.25, 0.3) is 0 Å². The second-order valence-corrected chi connectivity index (χ2v) is 8.60. The van der Waals surface area contributed by atoms with Crippen LogP contribution in [0.2, 0.25) is 0 Å². The second-order valence-electron chi connectivity index (χ2n) is 7.72. The first-order valence-corrected chi connectivity index (χ1v) is 10.7. The average Bonchev–Trinajstić information content (AvgIpc) is 3.30. The molecule has 0 saturated carbocycles. The van der Waals surface area contributed by atoms with Gasteiger partial charge >= 0.3 is 0 Å². The van der Waals surface area contributed by atoms with Gasteiger partial charge in [-0.3, -0.25) is 9.58 Å². The van der Waals surface area contributed by atoms with E-state index in [0.717, 1.165) is 25.0 Å². The lowest BCUT2D eigenvalue weighted by Gasteiger charge is -2.28. The highest BCUT2D eigenvalue weighted by Crippen LogP contribution is 2.31. The Morgan fingerprint density at radius 2 is 2.00 bits per heavy atom. The summed E-state index contributed by atoms with van der Waals surface area (Å²) in [5, 5.41) is 4.31. The van der Waals surface area contributed by atoms with Gasteiger partial charge in [-0.15, -0.1) is 11.3 Å². The van der Waals surface area contributed by atoms with E-state index >= 15 is 0 Å². The maximum Gasteiger partial charge on any atom is 0.0815 e. The Kier molecular flexibility index (Phi) is 4.49. The van der Waals surface area contributed by atoms with E-state index in [0.29, 0.717) is 6.04 Å². The predicted octanol–water partition coefficient (Wildman–Crippen LogP) is 5.21. The standard InChI is InChI=1S/C23H24N4S/c1-16(17-7-8-23-22(11-17)24-15-28-23)27-9-3-4-18-10-19(5-6-20(18)14-27)21-12-25-26(2)13-21/h5-8,10-13,15-16H,3-4,9,14H2,1-2H3/t16-/m0/s1. The summed E-state index contributed by atoms with van der Waals surface area (Å²) >= 11 is 1.71. The lowest BCUT2D eigenvalue weighted by atomic mass is 9.98. The molecule has 5 rings (SSSR count). The van der Waals surface area contributed by atoms with Crippen molar-refractivity contribution in [2.45, 2.75) is 32.4 Å². The van der Waals surface area contributed by atoms with Crippen LogP contribution in [0.5, 0.6) is 0 Å². The molecule has 0 amide bonds. The van der Waals surface area contributed by atoms with Gasteiger partial charge in [0.15, 0.2) is 0 Å². The highest BCUT2D eigenvalue weighted by molar-refractivity contribution is 7.16. The van der Waals surface area contributed by atoms with Crippen LogP contribution < -0.4 is 0 Å². The van der Waals surface area contributed by atoms with E-state index in [9.17, 15) is 0 Å². The second kappa shape index (κ2) is 7.15. The van der Waals surface area contributed by atoms with Crippen molar-refractivity contribution in [1.29, 1.82) is 0 Å². The highest BCUT2D eigenvalue weighted by Gasteiger charge is 2.21.